The van der Waals surface area contributed by atoms with Crippen LogP contribution in [0.1, 0.15) is 32.6 Å². The van der Waals surface area contributed by atoms with E-state index in [4.69, 9.17) is 14.2 Å². The SMILES string of the molecule is C/C=C/C(=O)OCCCCCCOC(=O)/C=C/N(C)CCN1CCOCC1. The van der Waals surface area contributed by atoms with Gasteiger partial charge in [0.25, 0.3) is 0 Å². The van der Waals surface area contributed by atoms with Crippen LogP contribution >= 0.6 is 0 Å². The Bertz CT molecular complexity index is 473. The Labute approximate surface area is 162 Å². The molecule has 1 saturated heterocycles. The van der Waals surface area contributed by atoms with Gasteiger partial charge in [0.15, 0.2) is 0 Å². The summed E-state index contributed by atoms with van der Waals surface area (Å²) in [5.41, 5.74) is 0. The van der Waals surface area contributed by atoms with Crippen LogP contribution in [-0.4, -0.2) is 81.4 Å². The van der Waals surface area contributed by atoms with E-state index in [-0.39, 0.29) is 11.9 Å². The van der Waals surface area contributed by atoms with E-state index >= 15 is 0 Å². The summed E-state index contributed by atoms with van der Waals surface area (Å²) in [5, 5.41) is 0. The minimum atomic E-state index is -0.312. The van der Waals surface area contributed by atoms with E-state index in [1.807, 2.05) is 11.9 Å². The van der Waals surface area contributed by atoms with Gasteiger partial charge in [-0.25, -0.2) is 9.59 Å². The second-order valence-electron chi connectivity index (χ2n) is 6.50. The Balaban J connectivity index is 1.96. The third-order valence-electron chi connectivity index (χ3n) is 4.17. The quantitative estimate of drug-likeness (QED) is 0.274. The molecule has 154 valence electrons. The van der Waals surface area contributed by atoms with Gasteiger partial charge in [-0.15, -0.1) is 0 Å². The zero-order valence-electron chi connectivity index (χ0n) is 16.7. The Morgan fingerprint density at radius 1 is 1.00 bits per heavy atom. The van der Waals surface area contributed by atoms with Crippen LogP contribution in [0.2, 0.25) is 0 Å². The number of hydrogen-bond donors (Lipinski definition) is 0. The number of likely N-dealkylation sites (N-methyl/N-ethyl adjacent to an activating group) is 1. The van der Waals surface area contributed by atoms with Crippen molar-refractivity contribution in [2.45, 2.75) is 32.6 Å². The van der Waals surface area contributed by atoms with Crippen LogP contribution in [0.15, 0.2) is 24.4 Å². The summed E-state index contributed by atoms with van der Waals surface area (Å²) in [5.74, 6) is -0.610. The fourth-order valence-electron chi connectivity index (χ4n) is 2.52. The van der Waals surface area contributed by atoms with Crippen molar-refractivity contribution in [3.05, 3.63) is 24.4 Å². The summed E-state index contributed by atoms with van der Waals surface area (Å²) >= 11 is 0. The monoisotopic (exact) mass is 382 g/mol. The highest BCUT2D eigenvalue weighted by Crippen LogP contribution is 2.02. The second-order valence-corrected chi connectivity index (χ2v) is 6.50. The highest BCUT2D eigenvalue weighted by molar-refractivity contribution is 5.82. The highest BCUT2D eigenvalue weighted by atomic mass is 16.5. The predicted octanol–water partition coefficient (Wildman–Crippen LogP) is 1.99. The van der Waals surface area contributed by atoms with Crippen LogP contribution < -0.4 is 0 Å². The Kier molecular flexibility index (Phi) is 13.1. The lowest BCUT2D eigenvalue weighted by Gasteiger charge is -2.28. The van der Waals surface area contributed by atoms with Gasteiger partial charge in [-0.1, -0.05) is 6.08 Å². The van der Waals surface area contributed by atoms with Crippen molar-refractivity contribution in [3.63, 3.8) is 0 Å². The number of hydrogen-bond acceptors (Lipinski definition) is 7. The fourth-order valence-corrected chi connectivity index (χ4v) is 2.52. The molecule has 0 aromatic rings. The van der Waals surface area contributed by atoms with Crippen molar-refractivity contribution in [1.29, 1.82) is 0 Å². The molecule has 1 heterocycles. The van der Waals surface area contributed by atoms with Gasteiger partial charge in [-0.2, -0.15) is 0 Å². The summed E-state index contributed by atoms with van der Waals surface area (Å²) in [6.07, 6.45) is 9.83. The average molecular weight is 383 g/mol. The molecule has 0 unspecified atom stereocenters. The molecule has 0 radical (unpaired) electrons. The number of rotatable bonds is 13. The number of carbonyl (C=O) groups excluding carboxylic acids is 2. The first-order valence-electron chi connectivity index (χ1n) is 9.76. The Morgan fingerprint density at radius 3 is 2.19 bits per heavy atom. The van der Waals surface area contributed by atoms with Gasteiger partial charge >= 0.3 is 11.9 Å². The second kappa shape index (κ2) is 15.2. The molecule has 0 atom stereocenters. The third kappa shape index (κ3) is 13.0. The van der Waals surface area contributed by atoms with Crippen LogP contribution in [-0.2, 0) is 23.8 Å². The largest absolute Gasteiger partial charge is 0.463 e. The first-order chi connectivity index (χ1) is 13.1. The zero-order valence-corrected chi connectivity index (χ0v) is 16.7. The molecule has 0 bridgehead atoms. The third-order valence-corrected chi connectivity index (χ3v) is 4.17. The fraction of sp³-hybridized carbons (Fsp3) is 0.700. The molecular formula is C20H34N2O5. The van der Waals surface area contributed by atoms with Crippen molar-refractivity contribution in [1.82, 2.24) is 9.80 Å². The molecule has 1 fully saturated rings. The Morgan fingerprint density at radius 2 is 1.59 bits per heavy atom. The Hall–Kier alpha value is -1.86. The standard InChI is InChI=1S/C20H34N2O5/c1-3-8-19(23)26-15-6-4-5-7-16-27-20(24)9-10-21(2)11-12-22-13-17-25-18-14-22/h3,8-10H,4-7,11-18H2,1-2H3/b8-3+,10-9+. The van der Waals surface area contributed by atoms with Crippen molar-refractivity contribution in [2.75, 3.05) is 59.7 Å². The van der Waals surface area contributed by atoms with Gasteiger partial charge in [0.1, 0.15) is 0 Å². The molecule has 1 aliphatic rings. The molecule has 7 heteroatoms. The van der Waals surface area contributed by atoms with Crippen LogP contribution in [0, 0.1) is 0 Å². The topological polar surface area (TPSA) is 68.3 Å². The maximum absolute atomic E-state index is 11.7. The molecule has 1 rings (SSSR count). The van der Waals surface area contributed by atoms with Gasteiger partial charge in [0, 0.05) is 51.6 Å². The average Bonchev–Trinajstić information content (AvgIpc) is 2.67. The molecule has 7 nitrogen and oxygen atoms in total. The van der Waals surface area contributed by atoms with E-state index in [1.165, 1.54) is 12.2 Å². The maximum atomic E-state index is 11.7. The van der Waals surface area contributed by atoms with Gasteiger partial charge < -0.3 is 19.1 Å². The number of ether oxygens (including phenoxy) is 3. The van der Waals surface area contributed by atoms with Gasteiger partial charge in [-0.3, -0.25) is 4.90 Å². The number of allylic oxidation sites excluding steroid dienone is 1. The molecule has 27 heavy (non-hydrogen) atoms. The first-order valence-corrected chi connectivity index (χ1v) is 9.76. The lowest BCUT2D eigenvalue weighted by Crippen LogP contribution is -2.39. The van der Waals surface area contributed by atoms with Gasteiger partial charge in [0.2, 0.25) is 0 Å². The van der Waals surface area contributed by atoms with E-state index in [1.54, 1.807) is 19.2 Å². The smallest absolute Gasteiger partial charge is 0.332 e. The van der Waals surface area contributed by atoms with E-state index in [0.29, 0.717) is 13.2 Å². The molecule has 0 aromatic heterocycles. The zero-order chi connectivity index (χ0) is 19.7. The maximum Gasteiger partial charge on any atom is 0.332 e. The predicted molar refractivity (Wildman–Crippen MR) is 104 cm³/mol. The summed E-state index contributed by atoms with van der Waals surface area (Å²) < 4.78 is 15.5. The molecule has 0 N–H and O–H groups in total. The van der Waals surface area contributed by atoms with Crippen molar-refractivity contribution in [3.8, 4) is 0 Å². The summed E-state index contributed by atoms with van der Waals surface area (Å²) in [7, 11) is 1.95. The first kappa shape index (κ1) is 23.2. The minimum absolute atomic E-state index is 0.298. The summed E-state index contributed by atoms with van der Waals surface area (Å²) in [6, 6.07) is 0. The number of carbonyl (C=O) groups is 2. The molecule has 1 aliphatic heterocycles. The number of esters is 2. The van der Waals surface area contributed by atoms with Crippen LogP contribution in [0.4, 0.5) is 0 Å². The van der Waals surface area contributed by atoms with Gasteiger partial charge in [-0.05, 0) is 32.6 Å². The normalized spacial score (nSPS) is 15.3. The minimum Gasteiger partial charge on any atom is -0.463 e. The van der Waals surface area contributed by atoms with Gasteiger partial charge in [0.05, 0.1) is 26.4 Å². The van der Waals surface area contributed by atoms with Crippen LogP contribution in [0.25, 0.3) is 0 Å². The summed E-state index contributed by atoms with van der Waals surface area (Å²) in [6.45, 7) is 7.99. The summed E-state index contributed by atoms with van der Waals surface area (Å²) in [4.78, 5) is 27.1. The molecular weight excluding hydrogens is 348 g/mol. The van der Waals surface area contributed by atoms with E-state index in [2.05, 4.69) is 4.90 Å². The van der Waals surface area contributed by atoms with E-state index in [9.17, 15) is 9.59 Å². The lowest BCUT2D eigenvalue weighted by atomic mass is 10.2. The molecule has 0 amide bonds. The van der Waals surface area contributed by atoms with E-state index in [0.717, 1.165) is 65.1 Å². The number of morpholine rings is 1. The number of nitrogens with zero attached hydrogens (tertiary/aromatic N) is 2. The molecule has 0 aromatic carbocycles. The molecule has 0 aliphatic carbocycles. The number of unbranched alkanes of at least 4 members (excludes halogenated alkanes) is 3. The van der Waals surface area contributed by atoms with Crippen molar-refractivity contribution in [2.24, 2.45) is 0 Å². The van der Waals surface area contributed by atoms with Crippen LogP contribution in [0.5, 0.6) is 0 Å². The van der Waals surface area contributed by atoms with E-state index < -0.39 is 0 Å². The highest BCUT2D eigenvalue weighted by Gasteiger charge is 2.09. The molecule has 0 spiro atoms. The molecule has 0 saturated carbocycles. The van der Waals surface area contributed by atoms with Crippen molar-refractivity contribution < 1.29 is 23.8 Å². The van der Waals surface area contributed by atoms with Crippen LogP contribution in [0.3, 0.4) is 0 Å². The van der Waals surface area contributed by atoms with Crippen molar-refractivity contribution >= 4 is 11.9 Å². The lowest BCUT2D eigenvalue weighted by molar-refractivity contribution is -0.139.